The van der Waals surface area contributed by atoms with Gasteiger partial charge in [0, 0.05) is 19.6 Å². The first-order chi connectivity index (χ1) is 9.04. The topological polar surface area (TPSA) is 69.6 Å². The summed E-state index contributed by atoms with van der Waals surface area (Å²) < 4.78 is 0. The van der Waals surface area contributed by atoms with Crippen molar-refractivity contribution in [3.05, 3.63) is 0 Å². The largest absolute Gasteiger partial charge is 0.481 e. The zero-order chi connectivity index (χ0) is 13.9. The Morgan fingerprint density at radius 2 is 2.05 bits per heavy atom. The van der Waals surface area contributed by atoms with E-state index >= 15 is 0 Å². The minimum Gasteiger partial charge on any atom is -0.481 e. The lowest BCUT2D eigenvalue weighted by Gasteiger charge is -2.41. The molecule has 0 heterocycles. The minimum absolute atomic E-state index is 0.0361. The monoisotopic (exact) mass is 268 g/mol. The van der Waals surface area contributed by atoms with Crippen LogP contribution in [0.5, 0.6) is 0 Å². The third-order valence-corrected chi connectivity index (χ3v) is 4.40. The van der Waals surface area contributed by atoms with Gasteiger partial charge in [0.05, 0.1) is 6.42 Å². The van der Waals surface area contributed by atoms with Crippen LogP contribution in [0.4, 0.5) is 4.79 Å². The molecule has 2 amide bonds. The molecule has 2 N–H and O–H groups in total. The second-order valence-corrected chi connectivity index (χ2v) is 6.06. The van der Waals surface area contributed by atoms with Gasteiger partial charge in [-0.05, 0) is 43.9 Å². The molecule has 2 rings (SSSR count). The van der Waals surface area contributed by atoms with Crippen LogP contribution in [0.15, 0.2) is 0 Å². The smallest absolute Gasteiger partial charge is 0.317 e. The predicted octanol–water partition coefficient (Wildman–Crippen LogP) is 2.07. The van der Waals surface area contributed by atoms with E-state index < -0.39 is 5.97 Å². The summed E-state index contributed by atoms with van der Waals surface area (Å²) >= 11 is 0. The molecule has 0 spiro atoms. The van der Waals surface area contributed by atoms with E-state index in [2.05, 4.69) is 5.32 Å². The Labute approximate surface area is 114 Å². The number of aliphatic carboxylic acids is 1. The maximum Gasteiger partial charge on any atom is 0.317 e. The molecule has 0 saturated heterocycles. The van der Waals surface area contributed by atoms with Gasteiger partial charge >= 0.3 is 12.0 Å². The molecule has 0 aliphatic heterocycles. The molecular formula is C14H24N2O3. The number of rotatable bonds is 7. The van der Waals surface area contributed by atoms with E-state index in [4.69, 9.17) is 5.11 Å². The van der Waals surface area contributed by atoms with Crippen LogP contribution < -0.4 is 5.32 Å². The standard InChI is InChI=1S/C14H24N2O3/c1-2-16(9-11-4-5-11)13(19)15-10-14(6-3-7-14)8-12(17)18/h11H,2-10H2,1H3,(H,15,19)(H,17,18). The Bertz CT molecular complexity index is 349. The van der Waals surface area contributed by atoms with Gasteiger partial charge in [-0.2, -0.15) is 0 Å². The molecule has 0 aromatic rings. The number of carbonyl (C=O) groups is 2. The maximum absolute atomic E-state index is 12.1. The second kappa shape index (κ2) is 5.80. The lowest BCUT2D eigenvalue weighted by Crippen LogP contribution is -2.48. The third kappa shape index (κ3) is 3.85. The summed E-state index contributed by atoms with van der Waals surface area (Å²) in [5.74, 6) is -0.0818. The Morgan fingerprint density at radius 1 is 1.37 bits per heavy atom. The molecule has 0 bridgehead atoms. The average molecular weight is 268 g/mol. The van der Waals surface area contributed by atoms with Crippen molar-refractivity contribution in [2.45, 2.75) is 45.4 Å². The highest BCUT2D eigenvalue weighted by Gasteiger charge is 2.39. The lowest BCUT2D eigenvalue weighted by molar-refractivity contribution is -0.141. The van der Waals surface area contributed by atoms with Gasteiger partial charge in [-0.15, -0.1) is 0 Å². The fraction of sp³-hybridized carbons (Fsp3) is 0.857. The summed E-state index contributed by atoms with van der Waals surface area (Å²) in [4.78, 5) is 24.8. The van der Waals surface area contributed by atoms with Crippen LogP contribution in [0, 0.1) is 11.3 Å². The first kappa shape index (κ1) is 14.2. The van der Waals surface area contributed by atoms with E-state index in [1.54, 1.807) is 0 Å². The van der Waals surface area contributed by atoms with Gasteiger partial charge in [-0.3, -0.25) is 4.79 Å². The number of amides is 2. The second-order valence-electron chi connectivity index (χ2n) is 6.06. The lowest BCUT2D eigenvalue weighted by atomic mass is 9.66. The molecule has 0 aromatic carbocycles. The van der Waals surface area contributed by atoms with Crippen molar-refractivity contribution in [2.24, 2.45) is 11.3 Å². The minimum atomic E-state index is -0.765. The van der Waals surface area contributed by atoms with E-state index in [1.165, 1.54) is 12.8 Å². The Morgan fingerprint density at radius 3 is 2.47 bits per heavy atom. The van der Waals surface area contributed by atoms with E-state index in [-0.39, 0.29) is 17.9 Å². The Hall–Kier alpha value is -1.26. The molecule has 19 heavy (non-hydrogen) atoms. The molecule has 2 fully saturated rings. The summed E-state index contributed by atoms with van der Waals surface area (Å²) in [6.07, 6.45) is 5.52. The number of nitrogens with one attached hydrogen (secondary N) is 1. The zero-order valence-electron chi connectivity index (χ0n) is 11.7. The van der Waals surface area contributed by atoms with Crippen LogP contribution in [0.2, 0.25) is 0 Å². The van der Waals surface area contributed by atoms with Crippen molar-refractivity contribution < 1.29 is 14.7 Å². The highest BCUT2D eigenvalue weighted by Crippen LogP contribution is 2.43. The molecule has 2 aliphatic rings. The molecule has 0 atom stereocenters. The van der Waals surface area contributed by atoms with E-state index in [0.29, 0.717) is 19.0 Å². The number of carboxylic acids is 1. The highest BCUT2D eigenvalue weighted by molar-refractivity contribution is 5.74. The first-order valence-electron chi connectivity index (χ1n) is 7.29. The number of hydrogen-bond donors (Lipinski definition) is 2. The fourth-order valence-corrected chi connectivity index (χ4v) is 2.76. The van der Waals surface area contributed by atoms with Crippen LogP contribution in [0.25, 0.3) is 0 Å². The molecule has 0 unspecified atom stereocenters. The Balaban J connectivity index is 1.78. The SMILES string of the molecule is CCN(CC1CC1)C(=O)NCC1(CC(=O)O)CCC1. The van der Waals surface area contributed by atoms with E-state index in [1.807, 2.05) is 11.8 Å². The number of nitrogens with zero attached hydrogens (tertiary/aromatic N) is 1. The van der Waals surface area contributed by atoms with Gasteiger partial charge in [0.2, 0.25) is 0 Å². The van der Waals surface area contributed by atoms with Crippen LogP contribution in [-0.2, 0) is 4.79 Å². The molecule has 5 heteroatoms. The molecule has 2 saturated carbocycles. The molecule has 5 nitrogen and oxygen atoms in total. The molecular weight excluding hydrogens is 244 g/mol. The van der Waals surface area contributed by atoms with Gasteiger partial charge in [-0.1, -0.05) is 6.42 Å². The van der Waals surface area contributed by atoms with Crippen molar-refractivity contribution in [1.29, 1.82) is 0 Å². The highest BCUT2D eigenvalue weighted by atomic mass is 16.4. The van der Waals surface area contributed by atoms with E-state index in [0.717, 1.165) is 25.8 Å². The van der Waals surface area contributed by atoms with Crippen molar-refractivity contribution >= 4 is 12.0 Å². The van der Waals surface area contributed by atoms with E-state index in [9.17, 15) is 9.59 Å². The first-order valence-corrected chi connectivity index (χ1v) is 7.29. The van der Waals surface area contributed by atoms with Gasteiger partial charge in [0.1, 0.15) is 0 Å². The summed E-state index contributed by atoms with van der Waals surface area (Å²) in [5, 5.41) is 11.9. The van der Waals surface area contributed by atoms with Crippen LogP contribution in [-0.4, -0.2) is 41.6 Å². The molecule has 2 aliphatic carbocycles. The molecule has 0 aromatic heterocycles. The molecule has 0 radical (unpaired) electrons. The summed E-state index contributed by atoms with van der Waals surface area (Å²) in [6, 6.07) is -0.0361. The van der Waals surface area contributed by atoms with Crippen LogP contribution in [0.1, 0.15) is 45.4 Å². The summed E-state index contributed by atoms with van der Waals surface area (Å²) in [6.45, 7) is 4.04. The van der Waals surface area contributed by atoms with Crippen molar-refractivity contribution in [1.82, 2.24) is 10.2 Å². The van der Waals surface area contributed by atoms with Crippen LogP contribution >= 0.6 is 0 Å². The average Bonchev–Trinajstić information content (AvgIpc) is 3.12. The van der Waals surface area contributed by atoms with Crippen molar-refractivity contribution in [2.75, 3.05) is 19.6 Å². The normalized spacial score (nSPS) is 20.5. The van der Waals surface area contributed by atoms with Crippen LogP contribution in [0.3, 0.4) is 0 Å². The van der Waals surface area contributed by atoms with Gasteiger partial charge < -0.3 is 15.3 Å². The zero-order valence-corrected chi connectivity index (χ0v) is 11.7. The Kier molecular flexibility index (Phi) is 4.32. The quantitative estimate of drug-likeness (QED) is 0.742. The summed E-state index contributed by atoms with van der Waals surface area (Å²) in [7, 11) is 0. The molecule has 108 valence electrons. The number of carbonyl (C=O) groups excluding carboxylic acids is 1. The number of hydrogen-bond acceptors (Lipinski definition) is 2. The number of carboxylic acid groups (broad SMARTS) is 1. The number of urea groups is 1. The third-order valence-electron chi connectivity index (χ3n) is 4.40. The van der Waals surface area contributed by atoms with Gasteiger partial charge in [0.25, 0.3) is 0 Å². The fourth-order valence-electron chi connectivity index (χ4n) is 2.76. The van der Waals surface area contributed by atoms with Crippen molar-refractivity contribution in [3.63, 3.8) is 0 Å². The summed E-state index contributed by atoms with van der Waals surface area (Å²) in [5.41, 5.74) is -0.194. The van der Waals surface area contributed by atoms with Crippen molar-refractivity contribution in [3.8, 4) is 0 Å². The maximum atomic E-state index is 12.1. The van der Waals surface area contributed by atoms with Gasteiger partial charge in [-0.25, -0.2) is 4.79 Å². The predicted molar refractivity (Wildman–Crippen MR) is 71.9 cm³/mol. The van der Waals surface area contributed by atoms with Gasteiger partial charge in [0.15, 0.2) is 0 Å².